The Morgan fingerprint density at radius 2 is 1.80 bits per heavy atom. The van der Waals surface area contributed by atoms with E-state index in [1.807, 2.05) is 0 Å². The second-order valence-electron chi connectivity index (χ2n) is 7.48. The molecular formula is C15H30N2O2S. The molecule has 20 heavy (non-hydrogen) atoms. The average molecular weight is 302 g/mol. The summed E-state index contributed by atoms with van der Waals surface area (Å²) in [6.45, 7) is 9.06. The lowest BCUT2D eigenvalue weighted by Crippen LogP contribution is -2.61. The first kappa shape index (κ1) is 16.2. The Labute approximate surface area is 124 Å². The van der Waals surface area contributed by atoms with Crippen molar-refractivity contribution in [3.8, 4) is 0 Å². The van der Waals surface area contributed by atoms with Gasteiger partial charge in [0, 0.05) is 31.7 Å². The smallest absolute Gasteiger partial charge is 0.156 e. The standard InChI is InChI=1S/C15H30N2O2S/c1-14(2,3)20(18,19)12-11-17-10-9-16-15(13-17)7-5-4-6-8-15/h16H,4-13H2,1-3H3. The monoisotopic (exact) mass is 302 g/mol. The van der Waals surface area contributed by atoms with Gasteiger partial charge in [-0.15, -0.1) is 0 Å². The third-order valence-corrected chi connectivity index (χ3v) is 7.46. The van der Waals surface area contributed by atoms with Crippen LogP contribution in [-0.4, -0.2) is 55.5 Å². The van der Waals surface area contributed by atoms with Gasteiger partial charge in [0.2, 0.25) is 0 Å². The van der Waals surface area contributed by atoms with E-state index in [0.29, 0.717) is 6.54 Å². The van der Waals surface area contributed by atoms with E-state index in [1.54, 1.807) is 20.8 Å². The van der Waals surface area contributed by atoms with Gasteiger partial charge in [-0.25, -0.2) is 8.42 Å². The van der Waals surface area contributed by atoms with E-state index >= 15 is 0 Å². The van der Waals surface area contributed by atoms with E-state index < -0.39 is 14.6 Å². The maximum atomic E-state index is 12.2. The van der Waals surface area contributed by atoms with Crippen LogP contribution < -0.4 is 5.32 Å². The Morgan fingerprint density at radius 1 is 1.15 bits per heavy atom. The molecule has 1 saturated heterocycles. The largest absolute Gasteiger partial charge is 0.309 e. The van der Waals surface area contributed by atoms with Crippen LogP contribution in [0.1, 0.15) is 52.9 Å². The zero-order valence-corrected chi connectivity index (χ0v) is 14.1. The van der Waals surface area contributed by atoms with Crippen LogP contribution in [0.2, 0.25) is 0 Å². The van der Waals surface area contributed by atoms with Gasteiger partial charge in [0.25, 0.3) is 0 Å². The van der Waals surface area contributed by atoms with Crippen LogP contribution in [0, 0.1) is 0 Å². The minimum absolute atomic E-state index is 0.266. The third kappa shape index (κ3) is 3.74. The van der Waals surface area contributed by atoms with Crippen molar-refractivity contribution in [2.24, 2.45) is 0 Å². The number of nitrogens with zero attached hydrogens (tertiary/aromatic N) is 1. The maximum Gasteiger partial charge on any atom is 0.156 e. The molecule has 0 radical (unpaired) electrons. The van der Waals surface area contributed by atoms with Crippen molar-refractivity contribution in [2.45, 2.75) is 63.2 Å². The Morgan fingerprint density at radius 3 is 2.40 bits per heavy atom. The number of hydrogen-bond donors (Lipinski definition) is 1. The molecule has 1 spiro atoms. The molecule has 2 aliphatic rings. The maximum absolute atomic E-state index is 12.2. The topological polar surface area (TPSA) is 49.4 Å². The number of piperazine rings is 1. The van der Waals surface area contributed by atoms with Gasteiger partial charge in [-0.3, -0.25) is 4.90 Å². The normalized spacial score (nSPS) is 24.9. The molecule has 1 N–H and O–H groups in total. The van der Waals surface area contributed by atoms with E-state index in [9.17, 15) is 8.42 Å². The lowest BCUT2D eigenvalue weighted by molar-refractivity contribution is 0.104. The Kier molecular flexibility index (Phi) is 4.82. The first-order valence-corrected chi connectivity index (χ1v) is 9.59. The van der Waals surface area contributed by atoms with E-state index in [-0.39, 0.29) is 11.3 Å². The fraction of sp³-hybridized carbons (Fsp3) is 1.00. The second-order valence-corrected chi connectivity index (χ2v) is 10.3. The quantitative estimate of drug-likeness (QED) is 0.864. The van der Waals surface area contributed by atoms with Crippen molar-refractivity contribution < 1.29 is 8.42 Å². The van der Waals surface area contributed by atoms with Gasteiger partial charge in [0.15, 0.2) is 9.84 Å². The second kappa shape index (κ2) is 5.93. The summed E-state index contributed by atoms with van der Waals surface area (Å²) in [6, 6.07) is 0. The summed E-state index contributed by atoms with van der Waals surface area (Å²) in [5.41, 5.74) is 0.266. The zero-order valence-electron chi connectivity index (χ0n) is 13.2. The highest BCUT2D eigenvalue weighted by atomic mass is 32.2. The lowest BCUT2D eigenvalue weighted by Gasteiger charge is -2.46. The SMILES string of the molecule is CC(C)(C)S(=O)(=O)CCN1CCNC2(CCCCC2)C1. The van der Waals surface area contributed by atoms with Crippen molar-refractivity contribution in [3.63, 3.8) is 0 Å². The number of sulfone groups is 1. The zero-order chi connectivity index (χ0) is 14.9. The van der Waals surface area contributed by atoms with Crippen LogP contribution in [0.4, 0.5) is 0 Å². The van der Waals surface area contributed by atoms with Gasteiger partial charge in [-0.05, 0) is 33.6 Å². The molecule has 0 amide bonds. The van der Waals surface area contributed by atoms with Crippen molar-refractivity contribution >= 4 is 9.84 Å². The van der Waals surface area contributed by atoms with Crippen molar-refractivity contribution in [2.75, 3.05) is 31.9 Å². The molecule has 1 heterocycles. The summed E-state index contributed by atoms with van der Waals surface area (Å²) in [7, 11) is -3.00. The van der Waals surface area contributed by atoms with Gasteiger partial charge in [0.05, 0.1) is 10.5 Å². The summed E-state index contributed by atoms with van der Waals surface area (Å²) in [6.07, 6.45) is 6.45. The first-order chi connectivity index (χ1) is 9.24. The highest BCUT2D eigenvalue weighted by molar-refractivity contribution is 7.92. The molecule has 2 fully saturated rings. The van der Waals surface area contributed by atoms with E-state index in [1.165, 1.54) is 32.1 Å². The summed E-state index contributed by atoms with van der Waals surface area (Å²) in [4.78, 5) is 2.35. The number of rotatable bonds is 3. The average Bonchev–Trinajstić information content (AvgIpc) is 2.36. The van der Waals surface area contributed by atoms with Crippen LogP contribution in [0.25, 0.3) is 0 Å². The molecular weight excluding hydrogens is 272 g/mol. The predicted octanol–water partition coefficient (Wildman–Crippen LogP) is 1.81. The minimum atomic E-state index is -3.00. The highest BCUT2D eigenvalue weighted by Gasteiger charge is 2.37. The predicted molar refractivity (Wildman–Crippen MR) is 83.8 cm³/mol. The first-order valence-electron chi connectivity index (χ1n) is 7.94. The molecule has 0 aromatic carbocycles. The van der Waals surface area contributed by atoms with Crippen LogP contribution in [0.5, 0.6) is 0 Å². The van der Waals surface area contributed by atoms with Crippen LogP contribution in [0.15, 0.2) is 0 Å². The Bertz CT molecular complexity index is 414. The molecule has 1 saturated carbocycles. The van der Waals surface area contributed by atoms with Crippen LogP contribution in [0.3, 0.4) is 0 Å². The Balaban J connectivity index is 1.90. The number of nitrogens with one attached hydrogen (secondary N) is 1. The van der Waals surface area contributed by atoms with Crippen LogP contribution in [-0.2, 0) is 9.84 Å². The molecule has 0 bridgehead atoms. The Hall–Kier alpha value is -0.130. The fourth-order valence-corrected chi connectivity index (χ4v) is 4.46. The van der Waals surface area contributed by atoms with Gasteiger partial charge < -0.3 is 5.32 Å². The van der Waals surface area contributed by atoms with E-state index in [0.717, 1.165) is 19.6 Å². The minimum Gasteiger partial charge on any atom is -0.309 e. The van der Waals surface area contributed by atoms with Crippen molar-refractivity contribution in [1.82, 2.24) is 10.2 Å². The highest BCUT2D eigenvalue weighted by Crippen LogP contribution is 2.30. The molecule has 0 unspecified atom stereocenters. The van der Waals surface area contributed by atoms with Gasteiger partial charge in [0.1, 0.15) is 0 Å². The molecule has 2 rings (SSSR count). The van der Waals surface area contributed by atoms with Crippen molar-refractivity contribution in [3.05, 3.63) is 0 Å². The molecule has 1 aliphatic heterocycles. The molecule has 5 heteroatoms. The fourth-order valence-electron chi connectivity index (χ4n) is 3.35. The summed E-state index contributed by atoms with van der Waals surface area (Å²) in [5.74, 6) is 0.284. The van der Waals surface area contributed by atoms with Crippen molar-refractivity contribution in [1.29, 1.82) is 0 Å². The molecule has 0 aromatic rings. The summed E-state index contributed by atoms with van der Waals surface area (Å²) in [5, 5.41) is 3.70. The third-order valence-electron chi connectivity index (χ3n) is 4.87. The molecule has 118 valence electrons. The molecule has 1 aliphatic carbocycles. The van der Waals surface area contributed by atoms with Gasteiger partial charge in [-0.1, -0.05) is 19.3 Å². The number of hydrogen-bond acceptors (Lipinski definition) is 4. The van der Waals surface area contributed by atoms with Crippen LogP contribution >= 0.6 is 0 Å². The lowest BCUT2D eigenvalue weighted by atomic mass is 9.80. The molecule has 0 aromatic heterocycles. The molecule has 0 atom stereocenters. The molecule has 4 nitrogen and oxygen atoms in total. The van der Waals surface area contributed by atoms with Gasteiger partial charge >= 0.3 is 0 Å². The summed E-state index contributed by atoms with van der Waals surface area (Å²) < 4.78 is 23.8. The van der Waals surface area contributed by atoms with Gasteiger partial charge in [-0.2, -0.15) is 0 Å². The summed E-state index contributed by atoms with van der Waals surface area (Å²) >= 11 is 0. The van der Waals surface area contributed by atoms with E-state index in [4.69, 9.17) is 0 Å². The van der Waals surface area contributed by atoms with E-state index in [2.05, 4.69) is 10.2 Å².